The monoisotopic (exact) mass is 462 g/mol. The van der Waals surface area contributed by atoms with E-state index in [0.29, 0.717) is 32.7 Å². The zero-order chi connectivity index (χ0) is 22.4. The molecule has 3 aliphatic heterocycles. The first-order valence-electron chi connectivity index (χ1n) is 12.4. The summed E-state index contributed by atoms with van der Waals surface area (Å²) in [5.74, 6) is -0.239. The Morgan fingerprint density at radius 3 is 2.44 bits per heavy atom. The SMILES string of the molecule is O=C(NCCCN1CCc2ccccc2C1)C1CCCN(S(=O)(=O)N2CCCCCC2)C1. The number of nitrogens with one attached hydrogen (secondary N) is 1. The first-order valence-corrected chi connectivity index (χ1v) is 13.8. The van der Waals surface area contributed by atoms with Crippen molar-refractivity contribution >= 4 is 16.1 Å². The van der Waals surface area contributed by atoms with Gasteiger partial charge in [-0.05, 0) is 49.7 Å². The molecule has 0 aromatic heterocycles. The molecular formula is C24H38N4O3S. The number of hydrogen-bond acceptors (Lipinski definition) is 4. The van der Waals surface area contributed by atoms with Crippen LogP contribution in [0.4, 0.5) is 0 Å². The van der Waals surface area contributed by atoms with Gasteiger partial charge in [0.2, 0.25) is 5.91 Å². The summed E-state index contributed by atoms with van der Waals surface area (Å²) in [6.07, 6.45) is 7.57. The molecule has 0 spiro atoms. The molecule has 2 fully saturated rings. The molecular weight excluding hydrogens is 424 g/mol. The lowest BCUT2D eigenvalue weighted by Gasteiger charge is -2.34. The van der Waals surface area contributed by atoms with E-state index >= 15 is 0 Å². The maximum Gasteiger partial charge on any atom is 0.281 e. The fourth-order valence-corrected chi connectivity index (χ4v) is 6.98. The predicted molar refractivity (Wildman–Crippen MR) is 126 cm³/mol. The standard InChI is InChI=1S/C24H38N4O3S/c29-24(25-13-8-14-26-18-12-21-9-3-4-10-22(21)19-26)23-11-7-17-28(20-23)32(30,31)27-15-5-1-2-6-16-27/h3-4,9-10,23H,1-2,5-8,11-20H2,(H,25,29). The van der Waals surface area contributed by atoms with E-state index in [9.17, 15) is 13.2 Å². The number of carbonyl (C=O) groups excluding carboxylic acids is 1. The van der Waals surface area contributed by atoms with Crippen LogP contribution in [0.1, 0.15) is 56.1 Å². The lowest BCUT2D eigenvalue weighted by molar-refractivity contribution is -0.126. The molecule has 1 aromatic carbocycles. The summed E-state index contributed by atoms with van der Waals surface area (Å²) < 4.78 is 29.4. The molecule has 0 saturated carbocycles. The van der Waals surface area contributed by atoms with Crippen molar-refractivity contribution < 1.29 is 13.2 Å². The van der Waals surface area contributed by atoms with Crippen molar-refractivity contribution in [1.82, 2.24) is 18.8 Å². The van der Waals surface area contributed by atoms with Crippen molar-refractivity contribution in [2.24, 2.45) is 5.92 Å². The van der Waals surface area contributed by atoms with Crippen LogP contribution in [-0.4, -0.2) is 73.6 Å². The molecule has 2 saturated heterocycles. The molecule has 178 valence electrons. The maximum atomic E-state index is 13.1. The van der Waals surface area contributed by atoms with Crippen LogP contribution >= 0.6 is 0 Å². The summed E-state index contributed by atoms with van der Waals surface area (Å²) in [6.45, 7) is 5.72. The number of rotatable bonds is 7. The van der Waals surface area contributed by atoms with E-state index in [2.05, 4.69) is 34.5 Å². The molecule has 8 heteroatoms. The molecule has 1 atom stereocenters. The number of nitrogens with zero attached hydrogens (tertiary/aromatic N) is 3. The summed E-state index contributed by atoms with van der Waals surface area (Å²) >= 11 is 0. The van der Waals surface area contributed by atoms with Gasteiger partial charge in [-0.2, -0.15) is 17.0 Å². The largest absolute Gasteiger partial charge is 0.356 e. The summed E-state index contributed by atoms with van der Waals surface area (Å²) in [6, 6.07) is 8.63. The highest BCUT2D eigenvalue weighted by Gasteiger charge is 2.35. The highest BCUT2D eigenvalue weighted by Crippen LogP contribution is 2.23. The fraction of sp³-hybridized carbons (Fsp3) is 0.708. The predicted octanol–water partition coefficient (Wildman–Crippen LogP) is 2.38. The van der Waals surface area contributed by atoms with Gasteiger partial charge in [-0.15, -0.1) is 0 Å². The van der Waals surface area contributed by atoms with E-state index in [-0.39, 0.29) is 11.8 Å². The molecule has 7 nitrogen and oxygen atoms in total. The lowest BCUT2D eigenvalue weighted by Crippen LogP contribution is -2.50. The van der Waals surface area contributed by atoms with E-state index in [1.165, 1.54) is 11.1 Å². The van der Waals surface area contributed by atoms with Gasteiger partial charge in [0.25, 0.3) is 10.2 Å². The van der Waals surface area contributed by atoms with Crippen LogP contribution in [0.5, 0.6) is 0 Å². The molecule has 3 aliphatic rings. The van der Waals surface area contributed by atoms with Gasteiger partial charge in [0.15, 0.2) is 0 Å². The molecule has 32 heavy (non-hydrogen) atoms. The smallest absolute Gasteiger partial charge is 0.281 e. The van der Waals surface area contributed by atoms with E-state index < -0.39 is 10.2 Å². The van der Waals surface area contributed by atoms with Crippen molar-refractivity contribution in [3.05, 3.63) is 35.4 Å². The van der Waals surface area contributed by atoms with E-state index in [0.717, 1.165) is 71.0 Å². The van der Waals surface area contributed by atoms with Crippen LogP contribution in [-0.2, 0) is 28.0 Å². The number of piperidine rings is 1. The van der Waals surface area contributed by atoms with Crippen molar-refractivity contribution in [2.45, 2.75) is 57.9 Å². The summed E-state index contributed by atoms with van der Waals surface area (Å²) in [5.41, 5.74) is 2.87. The normalized spacial score (nSPS) is 23.9. The molecule has 1 N–H and O–H groups in total. The number of carbonyl (C=O) groups is 1. The van der Waals surface area contributed by atoms with Gasteiger partial charge in [0.1, 0.15) is 0 Å². The second-order valence-electron chi connectivity index (χ2n) is 9.46. The molecule has 1 aromatic rings. The van der Waals surface area contributed by atoms with Crippen LogP contribution in [0, 0.1) is 5.92 Å². The third-order valence-corrected chi connectivity index (χ3v) is 9.13. The first-order chi connectivity index (χ1) is 15.5. The van der Waals surface area contributed by atoms with Gasteiger partial charge < -0.3 is 5.32 Å². The molecule has 1 unspecified atom stereocenters. The Morgan fingerprint density at radius 1 is 0.938 bits per heavy atom. The van der Waals surface area contributed by atoms with Gasteiger partial charge in [-0.25, -0.2) is 0 Å². The Morgan fingerprint density at radius 2 is 1.66 bits per heavy atom. The lowest BCUT2D eigenvalue weighted by atomic mass is 9.99. The van der Waals surface area contributed by atoms with Crippen LogP contribution < -0.4 is 5.32 Å². The van der Waals surface area contributed by atoms with Gasteiger partial charge in [0, 0.05) is 52.4 Å². The second kappa shape index (κ2) is 11.1. The second-order valence-corrected chi connectivity index (χ2v) is 11.4. The Kier molecular flexibility index (Phi) is 8.21. The van der Waals surface area contributed by atoms with Crippen molar-refractivity contribution in [1.29, 1.82) is 0 Å². The van der Waals surface area contributed by atoms with Crippen molar-refractivity contribution in [2.75, 3.05) is 45.8 Å². The number of hydrogen-bond donors (Lipinski definition) is 1. The van der Waals surface area contributed by atoms with Gasteiger partial charge in [-0.3, -0.25) is 9.69 Å². The molecule has 4 rings (SSSR count). The molecule has 0 aliphatic carbocycles. The molecule has 0 radical (unpaired) electrons. The Labute approximate surface area is 193 Å². The number of benzene rings is 1. The van der Waals surface area contributed by atoms with Crippen molar-refractivity contribution in [3.63, 3.8) is 0 Å². The van der Waals surface area contributed by atoms with Crippen LogP contribution in [0.3, 0.4) is 0 Å². The fourth-order valence-electron chi connectivity index (χ4n) is 5.21. The van der Waals surface area contributed by atoms with Gasteiger partial charge in [0.05, 0.1) is 5.92 Å². The van der Waals surface area contributed by atoms with Gasteiger partial charge >= 0.3 is 0 Å². The van der Waals surface area contributed by atoms with Crippen LogP contribution in [0.2, 0.25) is 0 Å². The Bertz CT molecular complexity index is 868. The Balaban J connectivity index is 1.21. The highest BCUT2D eigenvalue weighted by molar-refractivity contribution is 7.86. The third kappa shape index (κ3) is 5.90. The molecule has 1 amide bonds. The minimum absolute atomic E-state index is 0.00440. The zero-order valence-corrected chi connectivity index (χ0v) is 20.0. The first kappa shape index (κ1) is 23.7. The summed E-state index contributed by atoms with van der Waals surface area (Å²) in [5, 5.41) is 3.07. The minimum Gasteiger partial charge on any atom is -0.356 e. The van der Waals surface area contributed by atoms with E-state index in [1.807, 2.05) is 0 Å². The number of fused-ring (bicyclic) bond motifs is 1. The van der Waals surface area contributed by atoms with Gasteiger partial charge in [-0.1, -0.05) is 37.1 Å². The maximum absolute atomic E-state index is 13.1. The summed E-state index contributed by atoms with van der Waals surface area (Å²) in [7, 11) is -3.46. The average Bonchev–Trinajstić information content (AvgIpc) is 3.12. The van der Waals surface area contributed by atoms with Crippen molar-refractivity contribution in [3.8, 4) is 0 Å². The zero-order valence-electron chi connectivity index (χ0n) is 19.2. The quantitative estimate of drug-likeness (QED) is 0.632. The van der Waals surface area contributed by atoms with Crippen LogP contribution in [0.25, 0.3) is 0 Å². The highest BCUT2D eigenvalue weighted by atomic mass is 32.2. The molecule has 3 heterocycles. The summed E-state index contributed by atoms with van der Waals surface area (Å²) in [4.78, 5) is 15.2. The average molecular weight is 463 g/mol. The minimum atomic E-state index is -3.46. The number of amides is 1. The molecule has 0 bridgehead atoms. The van der Waals surface area contributed by atoms with E-state index in [1.54, 1.807) is 8.61 Å². The van der Waals surface area contributed by atoms with Crippen LogP contribution in [0.15, 0.2) is 24.3 Å². The van der Waals surface area contributed by atoms with E-state index in [4.69, 9.17) is 0 Å². The Hall–Kier alpha value is -1.48. The topological polar surface area (TPSA) is 73.0 Å². The third-order valence-electron chi connectivity index (χ3n) is 7.13.